The molecule has 0 spiro atoms. The molecule has 1 heterocycles. The van der Waals surface area contributed by atoms with Crippen LogP contribution in [0.1, 0.15) is 31.2 Å². The summed E-state index contributed by atoms with van der Waals surface area (Å²) < 4.78 is 5.91. The molecule has 1 amide bonds. The number of nitrogens with zero attached hydrogens (tertiary/aromatic N) is 1. The van der Waals surface area contributed by atoms with E-state index in [1.165, 1.54) is 18.9 Å². The van der Waals surface area contributed by atoms with E-state index >= 15 is 0 Å². The van der Waals surface area contributed by atoms with Gasteiger partial charge in [0.2, 0.25) is 5.91 Å². The number of halogens is 1. The SMILES string of the molecule is O=C(C=Cc1ccncc1)Nc1ccc(OC2CCCC2)c(Cl)c1. The van der Waals surface area contributed by atoms with Crippen LogP contribution in [0.2, 0.25) is 5.02 Å². The topological polar surface area (TPSA) is 51.2 Å². The van der Waals surface area contributed by atoms with Crippen LogP contribution in [0.15, 0.2) is 48.8 Å². The standard InChI is InChI=1S/C19H19ClN2O2/c20-17-13-15(6-7-18(17)24-16-3-1-2-4-16)22-19(23)8-5-14-9-11-21-12-10-14/h5-13,16H,1-4H2,(H,22,23). The van der Waals surface area contributed by atoms with Gasteiger partial charge < -0.3 is 10.1 Å². The number of carbonyl (C=O) groups excluding carboxylic acids is 1. The number of hydrogen-bond acceptors (Lipinski definition) is 3. The second-order valence-electron chi connectivity index (χ2n) is 5.77. The predicted octanol–water partition coefficient (Wildman–Crippen LogP) is 4.71. The number of carbonyl (C=O) groups is 1. The summed E-state index contributed by atoms with van der Waals surface area (Å²) in [5, 5.41) is 3.30. The van der Waals surface area contributed by atoms with Gasteiger partial charge in [-0.05, 0) is 67.7 Å². The van der Waals surface area contributed by atoms with Crippen molar-refractivity contribution in [1.82, 2.24) is 4.98 Å². The summed E-state index contributed by atoms with van der Waals surface area (Å²) in [4.78, 5) is 15.9. The summed E-state index contributed by atoms with van der Waals surface area (Å²) in [6, 6.07) is 8.98. The fourth-order valence-corrected chi connectivity index (χ4v) is 2.92. The normalized spacial score (nSPS) is 14.9. The zero-order valence-corrected chi connectivity index (χ0v) is 14.0. The monoisotopic (exact) mass is 342 g/mol. The molecule has 0 saturated heterocycles. The Bertz CT molecular complexity index is 725. The van der Waals surface area contributed by atoms with E-state index in [0.29, 0.717) is 16.5 Å². The average molecular weight is 343 g/mol. The van der Waals surface area contributed by atoms with E-state index in [0.717, 1.165) is 18.4 Å². The number of rotatable bonds is 5. The van der Waals surface area contributed by atoms with E-state index in [1.54, 1.807) is 30.6 Å². The summed E-state index contributed by atoms with van der Waals surface area (Å²) in [7, 11) is 0. The Morgan fingerprint density at radius 3 is 2.67 bits per heavy atom. The van der Waals surface area contributed by atoms with Crippen molar-refractivity contribution in [2.24, 2.45) is 0 Å². The minimum Gasteiger partial charge on any atom is -0.489 e. The zero-order chi connectivity index (χ0) is 16.8. The lowest BCUT2D eigenvalue weighted by Crippen LogP contribution is -2.11. The first kappa shape index (κ1) is 16.5. The number of aromatic nitrogens is 1. The third-order valence-electron chi connectivity index (χ3n) is 3.93. The lowest BCUT2D eigenvalue weighted by atomic mass is 10.2. The highest BCUT2D eigenvalue weighted by Gasteiger charge is 2.17. The number of amides is 1. The van der Waals surface area contributed by atoms with Crippen molar-refractivity contribution >= 4 is 29.3 Å². The molecule has 2 aromatic rings. The Kier molecular flexibility index (Phi) is 5.49. The van der Waals surface area contributed by atoms with Crippen LogP contribution >= 0.6 is 11.6 Å². The molecule has 124 valence electrons. The van der Waals surface area contributed by atoms with Gasteiger partial charge in [-0.15, -0.1) is 0 Å². The first-order valence-corrected chi connectivity index (χ1v) is 8.44. The molecule has 1 fully saturated rings. The Hall–Kier alpha value is -2.33. The molecule has 4 nitrogen and oxygen atoms in total. The Balaban J connectivity index is 1.59. The molecule has 24 heavy (non-hydrogen) atoms. The highest BCUT2D eigenvalue weighted by molar-refractivity contribution is 6.32. The van der Waals surface area contributed by atoms with Crippen LogP contribution in [-0.4, -0.2) is 17.0 Å². The van der Waals surface area contributed by atoms with Crippen LogP contribution in [0, 0.1) is 0 Å². The quantitative estimate of drug-likeness (QED) is 0.801. The minimum atomic E-state index is -0.215. The lowest BCUT2D eigenvalue weighted by molar-refractivity contribution is -0.111. The van der Waals surface area contributed by atoms with Gasteiger partial charge in [-0.1, -0.05) is 11.6 Å². The molecule has 1 aromatic carbocycles. The summed E-state index contributed by atoms with van der Waals surface area (Å²) in [5.41, 5.74) is 1.56. The van der Waals surface area contributed by atoms with Gasteiger partial charge in [-0.3, -0.25) is 9.78 Å². The molecule has 0 radical (unpaired) electrons. The first-order chi connectivity index (χ1) is 11.7. The molecule has 5 heteroatoms. The molecule has 1 N–H and O–H groups in total. The Morgan fingerprint density at radius 1 is 1.21 bits per heavy atom. The fraction of sp³-hybridized carbons (Fsp3) is 0.263. The van der Waals surface area contributed by atoms with Gasteiger partial charge >= 0.3 is 0 Å². The van der Waals surface area contributed by atoms with Gasteiger partial charge in [0.25, 0.3) is 0 Å². The molecule has 1 aliphatic carbocycles. The highest BCUT2D eigenvalue weighted by atomic mass is 35.5. The number of ether oxygens (including phenoxy) is 1. The van der Waals surface area contributed by atoms with Crippen molar-refractivity contribution in [3.8, 4) is 5.75 Å². The van der Waals surface area contributed by atoms with Crippen LogP contribution in [-0.2, 0) is 4.79 Å². The van der Waals surface area contributed by atoms with E-state index < -0.39 is 0 Å². The van der Waals surface area contributed by atoms with Crippen LogP contribution in [0.3, 0.4) is 0 Å². The number of benzene rings is 1. The van der Waals surface area contributed by atoms with Crippen molar-refractivity contribution < 1.29 is 9.53 Å². The third-order valence-corrected chi connectivity index (χ3v) is 4.22. The summed E-state index contributed by atoms with van der Waals surface area (Å²) in [6.07, 6.45) is 11.4. The molecule has 1 saturated carbocycles. The highest BCUT2D eigenvalue weighted by Crippen LogP contribution is 2.31. The largest absolute Gasteiger partial charge is 0.489 e. The lowest BCUT2D eigenvalue weighted by Gasteiger charge is -2.15. The Labute approximate surface area is 146 Å². The number of anilines is 1. The van der Waals surface area contributed by atoms with Crippen LogP contribution < -0.4 is 10.1 Å². The van der Waals surface area contributed by atoms with E-state index in [-0.39, 0.29) is 12.0 Å². The number of nitrogens with one attached hydrogen (secondary N) is 1. The fourth-order valence-electron chi connectivity index (χ4n) is 2.69. The second kappa shape index (κ2) is 7.97. The zero-order valence-electron chi connectivity index (χ0n) is 13.2. The van der Waals surface area contributed by atoms with Crippen molar-refractivity contribution in [1.29, 1.82) is 0 Å². The van der Waals surface area contributed by atoms with E-state index in [4.69, 9.17) is 16.3 Å². The summed E-state index contributed by atoms with van der Waals surface area (Å²) >= 11 is 6.26. The van der Waals surface area contributed by atoms with Crippen LogP contribution in [0.4, 0.5) is 5.69 Å². The van der Waals surface area contributed by atoms with Gasteiger partial charge in [0.15, 0.2) is 0 Å². The summed E-state index contributed by atoms with van der Waals surface area (Å²) in [6.45, 7) is 0. The average Bonchev–Trinajstić information content (AvgIpc) is 3.10. The number of pyridine rings is 1. The first-order valence-electron chi connectivity index (χ1n) is 8.06. The smallest absolute Gasteiger partial charge is 0.248 e. The van der Waals surface area contributed by atoms with E-state index in [2.05, 4.69) is 10.3 Å². The van der Waals surface area contributed by atoms with E-state index in [9.17, 15) is 4.79 Å². The molecular weight excluding hydrogens is 324 g/mol. The Morgan fingerprint density at radius 2 is 1.96 bits per heavy atom. The predicted molar refractivity (Wildman–Crippen MR) is 96.2 cm³/mol. The maximum atomic E-state index is 12.0. The maximum Gasteiger partial charge on any atom is 0.248 e. The van der Waals surface area contributed by atoms with Gasteiger partial charge in [0.05, 0.1) is 11.1 Å². The van der Waals surface area contributed by atoms with Crippen LogP contribution in [0.5, 0.6) is 5.75 Å². The molecular formula is C19H19ClN2O2. The van der Waals surface area contributed by atoms with Gasteiger partial charge in [0, 0.05) is 24.2 Å². The van der Waals surface area contributed by atoms with Crippen LogP contribution in [0.25, 0.3) is 6.08 Å². The van der Waals surface area contributed by atoms with Crippen molar-refractivity contribution in [3.05, 3.63) is 59.4 Å². The minimum absolute atomic E-state index is 0.215. The molecule has 0 bridgehead atoms. The molecule has 0 unspecified atom stereocenters. The maximum absolute atomic E-state index is 12.0. The van der Waals surface area contributed by atoms with Crippen molar-refractivity contribution in [3.63, 3.8) is 0 Å². The molecule has 1 aromatic heterocycles. The molecule has 0 aliphatic heterocycles. The third kappa shape index (κ3) is 4.59. The van der Waals surface area contributed by atoms with Gasteiger partial charge in [0.1, 0.15) is 5.75 Å². The second-order valence-corrected chi connectivity index (χ2v) is 6.18. The summed E-state index contributed by atoms with van der Waals surface area (Å²) in [5.74, 6) is 0.459. The van der Waals surface area contributed by atoms with E-state index in [1.807, 2.05) is 18.2 Å². The van der Waals surface area contributed by atoms with Gasteiger partial charge in [-0.2, -0.15) is 0 Å². The molecule has 0 atom stereocenters. The van der Waals surface area contributed by atoms with Crippen molar-refractivity contribution in [2.75, 3.05) is 5.32 Å². The molecule has 3 rings (SSSR count). The number of hydrogen-bond donors (Lipinski definition) is 1. The molecule has 1 aliphatic rings. The van der Waals surface area contributed by atoms with Gasteiger partial charge in [-0.25, -0.2) is 0 Å². The van der Waals surface area contributed by atoms with Crippen molar-refractivity contribution in [2.45, 2.75) is 31.8 Å².